The first-order valence-electron chi connectivity index (χ1n) is 6.43. The molecule has 3 heterocycles. The zero-order chi connectivity index (χ0) is 11.7. The Morgan fingerprint density at radius 2 is 1.65 bits per heavy atom. The van der Waals surface area contributed by atoms with Crippen molar-refractivity contribution in [1.82, 2.24) is 4.90 Å². The molecule has 2 bridgehead atoms. The first-order valence-corrected chi connectivity index (χ1v) is 6.43. The third kappa shape index (κ3) is 2.13. The minimum Gasteiger partial charge on any atom is -0.314 e. The molecule has 0 radical (unpaired) electrons. The van der Waals surface area contributed by atoms with Gasteiger partial charge in [0.2, 0.25) is 5.78 Å². The van der Waals surface area contributed by atoms with Crippen LogP contribution in [0.4, 0.5) is 0 Å². The van der Waals surface area contributed by atoms with Gasteiger partial charge in [-0.25, -0.2) is 0 Å². The van der Waals surface area contributed by atoms with E-state index in [1.165, 1.54) is 19.6 Å². The molecule has 3 saturated heterocycles. The largest absolute Gasteiger partial charge is 0.314 e. The van der Waals surface area contributed by atoms with Gasteiger partial charge in [-0.15, -0.1) is 0 Å². The van der Waals surface area contributed by atoms with Crippen LogP contribution in [0.2, 0.25) is 0 Å². The van der Waals surface area contributed by atoms with Gasteiger partial charge in [0.25, 0.3) is 0 Å². The summed E-state index contributed by atoms with van der Waals surface area (Å²) in [6.07, 6.45) is 0. The molecule has 3 fully saturated rings. The molecule has 3 nitrogen and oxygen atoms in total. The molecule has 90 valence electrons. The molecule has 3 aliphatic rings. The van der Waals surface area contributed by atoms with Gasteiger partial charge in [0.05, 0.1) is 19.6 Å². The van der Waals surface area contributed by atoms with Gasteiger partial charge in [-0.05, 0) is 0 Å². The molecule has 0 unspecified atom stereocenters. The number of hydrogen-bond donors (Lipinski definition) is 0. The average Bonchev–Trinajstić information content (AvgIpc) is 2.41. The number of ketones is 1. The van der Waals surface area contributed by atoms with E-state index in [1.807, 2.05) is 30.3 Å². The minimum absolute atomic E-state index is 0.306. The second-order valence-corrected chi connectivity index (χ2v) is 5.30. The lowest BCUT2D eigenvalue weighted by atomic mass is 10.1. The molecule has 0 atom stereocenters. The summed E-state index contributed by atoms with van der Waals surface area (Å²) in [6, 6.07) is 9.72. The number of rotatable bonds is 3. The van der Waals surface area contributed by atoms with E-state index in [9.17, 15) is 4.79 Å². The fourth-order valence-electron chi connectivity index (χ4n) is 2.99. The standard InChI is InChI=1S/C14H19N2O/c17-14(13-4-2-1-3-5-13)12-16-9-6-15(7-10-16)8-11-16/h1-5H,6-12H2/q+1. The number of fused-ring (bicyclic) bond motifs is 3. The van der Waals surface area contributed by atoms with Crippen LogP contribution in [-0.2, 0) is 0 Å². The SMILES string of the molecule is O=C(C[N+]12CCN(CC1)CC2)c1ccccc1. The molecule has 0 aliphatic carbocycles. The van der Waals surface area contributed by atoms with Crippen molar-refractivity contribution in [3.05, 3.63) is 35.9 Å². The lowest BCUT2D eigenvalue weighted by molar-refractivity contribution is -0.933. The predicted octanol–water partition coefficient (Wildman–Crippen LogP) is 1.02. The molecule has 1 aromatic carbocycles. The van der Waals surface area contributed by atoms with Crippen molar-refractivity contribution in [1.29, 1.82) is 0 Å². The highest BCUT2D eigenvalue weighted by Crippen LogP contribution is 2.20. The fourth-order valence-corrected chi connectivity index (χ4v) is 2.99. The molecular formula is C14H19N2O+. The maximum absolute atomic E-state index is 12.3. The van der Waals surface area contributed by atoms with Gasteiger partial charge in [0, 0.05) is 25.2 Å². The molecule has 3 heteroatoms. The highest BCUT2D eigenvalue weighted by Gasteiger charge is 2.39. The number of hydrogen-bond acceptors (Lipinski definition) is 2. The summed E-state index contributed by atoms with van der Waals surface area (Å²) in [4.78, 5) is 14.8. The van der Waals surface area contributed by atoms with Crippen LogP contribution in [0, 0.1) is 0 Å². The molecular weight excluding hydrogens is 212 g/mol. The van der Waals surface area contributed by atoms with Crippen LogP contribution in [0.1, 0.15) is 10.4 Å². The number of benzene rings is 1. The predicted molar refractivity (Wildman–Crippen MR) is 66.9 cm³/mol. The molecule has 4 rings (SSSR count). The summed E-state index contributed by atoms with van der Waals surface area (Å²) in [5.41, 5.74) is 0.869. The molecule has 0 saturated carbocycles. The van der Waals surface area contributed by atoms with Gasteiger partial charge in [-0.1, -0.05) is 30.3 Å². The van der Waals surface area contributed by atoms with Crippen LogP contribution < -0.4 is 0 Å². The number of carbonyl (C=O) groups is 1. The quantitative estimate of drug-likeness (QED) is 0.572. The zero-order valence-corrected chi connectivity index (χ0v) is 10.1. The normalized spacial score (nSPS) is 31.4. The number of Topliss-reactive ketones (excluding diaryl/α,β-unsaturated/α-hetero) is 1. The van der Waals surface area contributed by atoms with Gasteiger partial charge in [0.15, 0.2) is 0 Å². The fraction of sp³-hybridized carbons (Fsp3) is 0.500. The Morgan fingerprint density at radius 1 is 1.06 bits per heavy atom. The summed E-state index contributed by atoms with van der Waals surface area (Å²) in [5.74, 6) is 0.306. The molecule has 0 N–H and O–H groups in total. The van der Waals surface area contributed by atoms with Crippen LogP contribution in [0.3, 0.4) is 0 Å². The number of nitrogens with zero attached hydrogens (tertiary/aromatic N) is 2. The van der Waals surface area contributed by atoms with Crippen molar-refractivity contribution in [2.24, 2.45) is 0 Å². The molecule has 3 aliphatic heterocycles. The van der Waals surface area contributed by atoms with Crippen LogP contribution in [0.15, 0.2) is 30.3 Å². The average molecular weight is 231 g/mol. The maximum Gasteiger partial charge on any atom is 0.216 e. The molecule has 0 aromatic heterocycles. The smallest absolute Gasteiger partial charge is 0.216 e. The van der Waals surface area contributed by atoms with Gasteiger partial charge < -0.3 is 4.48 Å². The van der Waals surface area contributed by atoms with Gasteiger partial charge in [0.1, 0.15) is 6.54 Å². The molecule has 0 amide bonds. The topological polar surface area (TPSA) is 20.3 Å². The second-order valence-electron chi connectivity index (χ2n) is 5.30. The lowest BCUT2D eigenvalue weighted by Gasteiger charge is -2.50. The van der Waals surface area contributed by atoms with E-state index in [4.69, 9.17) is 0 Å². The number of quaternary nitrogens is 1. The summed E-state index contributed by atoms with van der Waals surface area (Å²) < 4.78 is 1.02. The highest BCUT2D eigenvalue weighted by atomic mass is 16.1. The Balaban J connectivity index is 1.72. The number of carbonyl (C=O) groups excluding carboxylic acids is 1. The van der Waals surface area contributed by atoms with Crippen molar-refractivity contribution < 1.29 is 9.28 Å². The lowest BCUT2D eigenvalue weighted by Crippen LogP contribution is -2.68. The van der Waals surface area contributed by atoms with Crippen molar-refractivity contribution in [3.8, 4) is 0 Å². The van der Waals surface area contributed by atoms with Crippen LogP contribution in [0.25, 0.3) is 0 Å². The van der Waals surface area contributed by atoms with Gasteiger partial charge in [-0.3, -0.25) is 9.69 Å². The van der Waals surface area contributed by atoms with E-state index >= 15 is 0 Å². The second kappa shape index (κ2) is 4.24. The summed E-state index contributed by atoms with van der Waals surface area (Å²) in [6.45, 7) is 7.65. The molecule has 0 spiro atoms. The third-order valence-electron chi connectivity index (χ3n) is 4.25. The van der Waals surface area contributed by atoms with Crippen LogP contribution in [0.5, 0.6) is 0 Å². The first-order chi connectivity index (χ1) is 8.27. The minimum atomic E-state index is 0.306. The summed E-state index contributed by atoms with van der Waals surface area (Å²) in [7, 11) is 0. The van der Waals surface area contributed by atoms with Crippen molar-refractivity contribution >= 4 is 5.78 Å². The van der Waals surface area contributed by atoms with Crippen molar-refractivity contribution in [2.75, 3.05) is 45.8 Å². The Bertz CT molecular complexity index is 394. The van der Waals surface area contributed by atoms with Gasteiger partial charge in [-0.2, -0.15) is 0 Å². The van der Waals surface area contributed by atoms with Crippen LogP contribution in [-0.4, -0.2) is 61.0 Å². The number of piperazine rings is 3. The molecule has 1 aromatic rings. The highest BCUT2D eigenvalue weighted by molar-refractivity contribution is 5.96. The maximum atomic E-state index is 12.3. The van der Waals surface area contributed by atoms with E-state index in [2.05, 4.69) is 4.90 Å². The Hall–Kier alpha value is -1.19. The Kier molecular flexibility index (Phi) is 2.73. The summed E-state index contributed by atoms with van der Waals surface area (Å²) in [5, 5.41) is 0. The Morgan fingerprint density at radius 3 is 2.24 bits per heavy atom. The Labute approximate surface area is 102 Å². The van der Waals surface area contributed by atoms with E-state index in [0.717, 1.165) is 29.7 Å². The van der Waals surface area contributed by atoms with Crippen molar-refractivity contribution in [3.63, 3.8) is 0 Å². The van der Waals surface area contributed by atoms with E-state index in [0.29, 0.717) is 12.3 Å². The van der Waals surface area contributed by atoms with E-state index in [-0.39, 0.29) is 0 Å². The monoisotopic (exact) mass is 231 g/mol. The first kappa shape index (κ1) is 10.9. The van der Waals surface area contributed by atoms with E-state index < -0.39 is 0 Å². The van der Waals surface area contributed by atoms with Gasteiger partial charge >= 0.3 is 0 Å². The van der Waals surface area contributed by atoms with Crippen LogP contribution >= 0.6 is 0 Å². The third-order valence-corrected chi connectivity index (χ3v) is 4.25. The zero-order valence-electron chi connectivity index (χ0n) is 10.1. The molecule has 17 heavy (non-hydrogen) atoms. The van der Waals surface area contributed by atoms with Crippen molar-refractivity contribution in [2.45, 2.75) is 0 Å². The van der Waals surface area contributed by atoms with E-state index in [1.54, 1.807) is 0 Å². The summed E-state index contributed by atoms with van der Waals surface area (Å²) >= 11 is 0.